The van der Waals surface area contributed by atoms with Gasteiger partial charge >= 0.3 is 0 Å². The normalized spacial score (nSPS) is 20.6. The summed E-state index contributed by atoms with van der Waals surface area (Å²) in [7, 11) is 0. The standard InChI is InChI=1S/C22H22ClF3/c23-22-20(25)13-19(14-21(22)26)18-10-8-17(9-11-18)16-6-4-15(5-7-16)3-1-2-12-24/h1,3,8-11,13-16H,2,4-7,12H2. The van der Waals surface area contributed by atoms with Crippen LogP contribution in [-0.4, -0.2) is 6.67 Å². The molecule has 0 atom stereocenters. The second-order valence-electron chi connectivity index (χ2n) is 6.89. The van der Waals surface area contributed by atoms with E-state index in [-0.39, 0.29) is 6.67 Å². The number of halogens is 4. The number of allylic oxidation sites excluding steroid dienone is 2. The van der Waals surface area contributed by atoms with Gasteiger partial charge in [0.05, 0.1) is 6.67 Å². The molecular weight excluding hydrogens is 357 g/mol. The van der Waals surface area contributed by atoms with Crippen LogP contribution in [0.25, 0.3) is 11.1 Å². The zero-order valence-electron chi connectivity index (χ0n) is 14.5. The van der Waals surface area contributed by atoms with E-state index in [1.807, 2.05) is 30.3 Å². The molecular formula is C22H22ClF3. The third kappa shape index (κ3) is 4.50. The topological polar surface area (TPSA) is 0 Å². The minimum Gasteiger partial charge on any atom is -0.251 e. The second kappa shape index (κ2) is 8.77. The van der Waals surface area contributed by atoms with Crippen molar-refractivity contribution in [2.24, 2.45) is 5.92 Å². The highest BCUT2D eigenvalue weighted by Gasteiger charge is 2.21. The first-order valence-electron chi connectivity index (χ1n) is 9.06. The van der Waals surface area contributed by atoms with Crippen LogP contribution in [0.15, 0.2) is 48.6 Å². The van der Waals surface area contributed by atoms with Gasteiger partial charge in [-0.25, -0.2) is 8.78 Å². The summed E-state index contributed by atoms with van der Waals surface area (Å²) in [6, 6.07) is 10.4. The first-order valence-corrected chi connectivity index (χ1v) is 9.43. The molecule has 0 saturated heterocycles. The summed E-state index contributed by atoms with van der Waals surface area (Å²) >= 11 is 5.54. The average molecular weight is 379 g/mol. The van der Waals surface area contributed by atoms with Crippen molar-refractivity contribution in [2.45, 2.75) is 38.0 Å². The number of benzene rings is 2. The summed E-state index contributed by atoms with van der Waals surface area (Å²) in [5.41, 5.74) is 2.51. The van der Waals surface area contributed by atoms with Crippen LogP contribution in [-0.2, 0) is 0 Å². The predicted octanol–water partition coefficient (Wildman–Crippen LogP) is 7.47. The fourth-order valence-corrected chi connectivity index (χ4v) is 3.78. The van der Waals surface area contributed by atoms with E-state index < -0.39 is 16.7 Å². The Kier molecular flexibility index (Phi) is 6.42. The molecule has 0 nitrogen and oxygen atoms in total. The molecule has 0 N–H and O–H groups in total. The molecule has 138 valence electrons. The first-order chi connectivity index (χ1) is 12.6. The monoisotopic (exact) mass is 378 g/mol. The van der Waals surface area contributed by atoms with Gasteiger partial charge < -0.3 is 0 Å². The van der Waals surface area contributed by atoms with Crippen molar-refractivity contribution in [3.63, 3.8) is 0 Å². The van der Waals surface area contributed by atoms with Gasteiger partial charge in [0.25, 0.3) is 0 Å². The van der Waals surface area contributed by atoms with E-state index in [0.29, 0.717) is 23.8 Å². The summed E-state index contributed by atoms with van der Waals surface area (Å²) < 4.78 is 39.4. The molecule has 3 rings (SSSR count). The Labute approximate surface area is 157 Å². The zero-order valence-corrected chi connectivity index (χ0v) is 15.3. The molecule has 0 amide bonds. The highest BCUT2D eigenvalue weighted by molar-refractivity contribution is 6.31. The van der Waals surface area contributed by atoms with Gasteiger partial charge in [0.2, 0.25) is 0 Å². The predicted molar refractivity (Wildman–Crippen MR) is 101 cm³/mol. The number of alkyl halides is 1. The maximum atomic E-state index is 13.6. The van der Waals surface area contributed by atoms with Crippen LogP contribution in [0.1, 0.15) is 43.6 Å². The van der Waals surface area contributed by atoms with Crippen LogP contribution in [0.5, 0.6) is 0 Å². The fraction of sp³-hybridized carbons (Fsp3) is 0.364. The third-order valence-electron chi connectivity index (χ3n) is 5.16. The van der Waals surface area contributed by atoms with Crippen molar-refractivity contribution in [2.75, 3.05) is 6.67 Å². The van der Waals surface area contributed by atoms with Gasteiger partial charge in [0.1, 0.15) is 16.7 Å². The molecule has 2 aromatic rings. The van der Waals surface area contributed by atoms with E-state index in [0.717, 1.165) is 31.2 Å². The molecule has 26 heavy (non-hydrogen) atoms. The highest BCUT2D eigenvalue weighted by atomic mass is 35.5. The van der Waals surface area contributed by atoms with E-state index >= 15 is 0 Å². The lowest BCUT2D eigenvalue weighted by molar-refractivity contribution is 0.375. The Morgan fingerprint density at radius 1 is 0.923 bits per heavy atom. The van der Waals surface area contributed by atoms with Crippen LogP contribution in [0.4, 0.5) is 13.2 Å². The van der Waals surface area contributed by atoms with Crippen LogP contribution in [0.2, 0.25) is 5.02 Å². The first kappa shape index (κ1) is 19.0. The Hall–Kier alpha value is -1.74. The maximum Gasteiger partial charge on any atom is 0.145 e. The lowest BCUT2D eigenvalue weighted by Gasteiger charge is -2.27. The summed E-state index contributed by atoms with van der Waals surface area (Å²) in [6.45, 7) is -0.292. The van der Waals surface area contributed by atoms with Crippen LogP contribution in [0.3, 0.4) is 0 Å². The quantitative estimate of drug-likeness (QED) is 0.373. The van der Waals surface area contributed by atoms with E-state index in [9.17, 15) is 13.2 Å². The highest BCUT2D eigenvalue weighted by Crippen LogP contribution is 2.37. The molecule has 0 bridgehead atoms. The zero-order chi connectivity index (χ0) is 18.5. The van der Waals surface area contributed by atoms with Crippen molar-refractivity contribution >= 4 is 11.6 Å². The summed E-state index contributed by atoms with van der Waals surface area (Å²) in [4.78, 5) is 0. The van der Waals surface area contributed by atoms with E-state index in [1.165, 1.54) is 17.7 Å². The molecule has 0 aliphatic heterocycles. The van der Waals surface area contributed by atoms with Gasteiger partial charge in [0.15, 0.2) is 0 Å². The van der Waals surface area contributed by atoms with E-state index in [4.69, 9.17) is 11.6 Å². The van der Waals surface area contributed by atoms with Gasteiger partial charge in [0, 0.05) is 0 Å². The molecule has 4 heteroatoms. The number of hydrogen-bond donors (Lipinski definition) is 0. The smallest absolute Gasteiger partial charge is 0.145 e. The van der Waals surface area contributed by atoms with Crippen LogP contribution in [0, 0.1) is 17.6 Å². The molecule has 0 unspecified atom stereocenters. The van der Waals surface area contributed by atoms with Crippen LogP contribution < -0.4 is 0 Å². The molecule has 0 radical (unpaired) electrons. The molecule has 1 aliphatic carbocycles. The van der Waals surface area contributed by atoms with E-state index in [1.54, 1.807) is 0 Å². The van der Waals surface area contributed by atoms with Crippen molar-refractivity contribution < 1.29 is 13.2 Å². The second-order valence-corrected chi connectivity index (χ2v) is 7.27. The summed E-state index contributed by atoms with van der Waals surface area (Å²) in [5.74, 6) is -0.430. The minimum absolute atomic E-state index is 0.292. The molecule has 1 aliphatic rings. The lowest BCUT2D eigenvalue weighted by atomic mass is 9.78. The van der Waals surface area contributed by atoms with E-state index in [2.05, 4.69) is 6.08 Å². The van der Waals surface area contributed by atoms with Crippen LogP contribution >= 0.6 is 11.6 Å². The van der Waals surface area contributed by atoms with Crippen molar-refractivity contribution in [1.29, 1.82) is 0 Å². The Morgan fingerprint density at radius 3 is 2.12 bits per heavy atom. The van der Waals surface area contributed by atoms with Gasteiger partial charge in [-0.1, -0.05) is 48.0 Å². The lowest BCUT2D eigenvalue weighted by Crippen LogP contribution is -2.11. The molecule has 2 aromatic carbocycles. The summed E-state index contributed by atoms with van der Waals surface area (Å²) in [6.07, 6.45) is 9.05. The molecule has 0 heterocycles. The van der Waals surface area contributed by atoms with Gasteiger partial charge in [-0.15, -0.1) is 0 Å². The summed E-state index contributed by atoms with van der Waals surface area (Å²) in [5, 5.41) is -0.470. The molecule has 1 saturated carbocycles. The Morgan fingerprint density at radius 2 is 1.54 bits per heavy atom. The largest absolute Gasteiger partial charge is 0.251 e. The van der Waals surface area contributed by atoms with Gasteiger partial charge in [-0.3, -0.25) is 4.39 Å². The molecule has 0 spiro atoms. The Bertz CT molecular complexity index is 736. The van der Waals surface area contributed by atoms with Crippen molar-refractivity contribution in [3.05, 3.63) is 70.8 Å². The van der Waals surface area contributed by atoms with Gasteiger partial charge in [-0.05, 0) is 72.8 Å². The minimum atomic E-state index is -0.745. The third-order valence-corrected chi connectivity index (χ3v) is 5.52. The maximum absolute atomic E-state index is 13.6. The van der Waals surface area contributed by atoms with Gasteiger partial charge in [-0.2, -0.15) is 0 Å². The average Bonchev–Trinajstić information content (AvgIpc) is 2.67. The van der Waals surface area contributed by atoms with Crippen molar-refractivity contribution in [1.82, 2.24) is 0 Å². The number of rotatable bonds is 5. The number of hydrogen-bond acceptors (Lipinski definition) is 0. The molecule has 1 fully saturated rings. The fourth-order valence-electron chi connectivity index (χ4n) is 3.67. The van der Waals surface area contributed by atoms with Crippen molar-refractivity contribution in [3.8, 4) is 11.1 Å². The molecule has 0 aromatic heterocycles. The Balaban J connectivity index is 1.65. The SMILES string of the molecule is FCCC=CC1CCC(c2ccc(-c3cc(F)c(Cl)c(F)c3)cc2)CC1.